The van der Waals surface area contributed by atoms with Crippen molar-refractivity contribution in [2.75, 3.05) is 7.11 Å². The average molecular weight is 255 g/mol. The summed E-state index contributed by atoms with van der Waals surface area (Å²) < 4.78 is 6.26. The standard InChI is InChI=1S/C14H13N3O2/c1-17-13(14(18)19-2)7-12(16-17)10-8-15-11-6-4-3-5-9(10)11/h3-8,15H,1-2H3. The van der Waals surface area contributed by atoms with Gasteiger partial charge in [-0.15, -0.1) is 0 Å². The summed E-state index contributed by atoms with van der Waals surface area (Å²) in [6.07, 6.45) is 1.90. The number of aromatic amines is 1. The molecule has 0 atom stereocenters. The molecule has 5 nitrogen and oxygen atoms in total. The van der Waals surface area contributed by atoms with Crippen molar-refractivity contribution in [2.45, 2.75) is 0 Å². The van der Waals surface area contributed by atoms with E-state index in [1.807, 2.05) is 30.5 Å². The van der Waals surface area contributed by atoms with Crippen LogP contribution in [0.15, 0.2) is 36.5 Å². The molecule has 5 heteroatoms. The van der Waals surface area contributed by atoms with Crippen LogP contribution in [-0.4, -0.2) is 27.8 Å². The number of nitrogens with zero attached hydrogens (tertiary/aromatic N) is 2. The molecule has 0 saturated heterocycles. The summed E-state index contributed by atoms with van der Waals surface area (Å²) in [7, 11) is 3.09. The number of esters is 1. The molecule has 0 saturated carbocycles. The van der Waals surface area contributed by atoms with Crippen LogP contribution in [0.5, 0.6) is 0 Å². The van der Waals surface area contributed by atoms with Gasteiger partial charge in [0, 0.05) is 29.7 Å². The number of hydrogen-bond donors (Lipinski definition) is 1. The second kappa shape index (κ2) is 4.28. The van der Waals surface area contributed by atoms with E-state index in [9.17, 15) is 4.79 Å². The van der Waals surface area contributed by atoms with Gasteiger partial charge in [0.25, 0.3) is 0 Å². The largest absolute Gasteiger partial charge is 0.464 e. The smallest absolute Gasteiger partial charge is 0.356 e. The Morgan fingerprint density at radius 2 is 2.16 bits per heavy atom. The summed E-state index contributed by atoms with van der Waals surface area (Å²) in [5.41, 5.74) is 3.20. The van der Waals surface area contributed by atoms with Crippen LogP contribution in [0.25, 0.3) is 22.2 Å². The molecule has 0 bridgehead atoms. The monoisotopic (exact) mass is 255 g/mol. The van der Waals surface area contributed by atoms with Crippen LogP contribution in [0.4, 0.5) is 0 Å². The molecule has 0 aliphatic heterocycles. The third-order valence-electron chi connectivity index (χ3n) is 3.14. The number of carbonyl (C=O) groups is 1. The summed E-state index contributed by atoms with van der Waals surface area (Å²) in [5, 5.41) is 5.45. The number of fused-ring (bicyclic) bond motifs is 1. The maximum Gasteiger partial charge on any atom is 0.356 e. The Bertz CT molecular complexity index is 755. The van der Waals surface area contributed by atoms with Crippen LogP contribution in [0.1, 0.15) is 10.5 Å². The maximum absolute atomic E-state index is 11.6. The maximum atomic E-state index is 11.6. The molecule has 0 aliphatic rings. The van der Waals surface area contributed by atoms with Gasteiger partial charge in [0.2, 0.25) is 0 Å². The number of rotatable bonds is 2. The van der Waals surface area contributed by atoms with Gasteiger partial charge in [0.05, 0.1) is 12.8 Å². The zero-order valence-electron chi connectivity index (χ0n) is 10.7. The average Bonchev–Trinajstić information content (AvgIpc) is 3.01. The number of nitrogens with one attached hydrogen (secondary N) is 1. The number of hydrogen-bond acceptors (Lipinski definition) is 3. The van der Waals surface area contributed by atoms with Crippen LogP contribution >= 0.6 is 0 Å². The van der Waals surface area contributed by atoms with Gasteiger partial charge in [0.15, 0.2) is 0 Å². The highest BCUT2D eigenvalue weighted by Gasteiger charge is 2.16. The van der Waals surface area contributed by atoms with Crippen molar-refractivity contribution >= 4 is 16.9 Å². The molecular formula is C14H13N3O2. The van der Waals surface area contributed by atoms with Crippen LogP contribution < -0.4 is 0 Å². The van der Waals surface area contributed by atoms with Gasteiger partial charge in [0.1, 0.15) is 5.69 Å². The van der Waals surface area contributed by atoms with Crippen molar-refractivity contribution in [3.63, 3.8) is 0 Å². The molecule has 0 amide bonds. The third-order valence-corrected chi connectivity index (χ3v) is 3.14. The van der Waals surface area contributed by atoms with Crippen molar-refractivity contribution in [1.82, 2.24) is 14.8 Å². The van der Waals surface area contributed by atoms with Gasteiger partial charge >= 0.3 is 5.97 Å². The molecule has 3 rings (SSSR count). The minimum atomic E-state index is -0.388. The van der Waals surface area contributed by atoms with E-state index in [0.717, 1.165) is 22.2 Å². The second-order valence-electron chi connectivity index (χ2n) is 4.28. The van der Waals surface area contributed by atoms with Crippen LogP contribution in [0.2, 0.25) is 0 Å². The third kappa shape index (κ3) is 1.79. The quantitative estimate of drug-likeness (QED) is 0.715. The van der Waals surface area contributed by atoms with Gasteiger partial charge in [-0.25, -0.2) is 4.79 Å². The summed E-state index contributed by atoms with van der Waals surface area (Å²) >= 11 is 0. The minimum absolute atomic E-state index is 0.388. The lowest BCUT2D eigenvalue weighted by Crippen LogP contribution is -2.07. The fourth-order valence-electron chi connectivity index (χ4n) is 2.18. The fourth-order valence-corrected chi connectivity index (χ4v) is 2.18. The topological polar surface area (TPSA) is 59.9 Å². The van der Waals surface area contributed by atoms with Gasteiger partial charge in [-0.2, -0.15) is 5.10 Å². The molecule has 2 aromatic heterocycles. The second-order valence-corrected chi connectivity index (χ2v) is 4.28. The Morgan fingerprint density at radius 3 is 2.95 bits per heavy atom. The highest BCUT2D eigenvalue weighted by Crippen LogP contribution is 2.27. The number of ether oxygens (including phenoxy) is 1. The zero-order chi connectivity index (χ0) is 13.4. The van der Waals surface area contributed by atoms with Gasteiger partial charge in [-0.1, -0.05) is 18.2 Å². The van der Waals surface area contributed by atoms with E-state index in [1.54, 1.807) is 13.1 Å². The number of methoxy groups -OCH3 is 1. The fraction of sp³-hybridized carbons (Fsp3) is 0.143. The molecule has 1 N–H and O–H groups in total. The molecule has 0 spiro atoms. The minimum Gasteiger partial charge on any atom is -0.464 e. The summed E-state index contributed by atoms with van der Waals surface area (Å²) in [6, 6.07) is 9.71. The van der Waals surface area contributed by atoms with Crippen molar-refractivity contribution in [2.24, 2.45) is 7.05 Å². The number of benzene rings is 1. The molecule has 0 unspecified atom stereocenters. The Labute approximate surface area is 109 Å². The molecule has 2 heterocycles. The van der Waals surface area contributed by atoms with E-state index in [4.69, 9.17) is 4.74 Å². The van der Waals surface area contributed by atoms with Crippen LogP contribution in [-0.2, 0) is 11.8 Å². The number of carbonyl (C=O) groups excluding carboxylic acids is 1. The van der Waals surface area contributed by atoms with E-state index in [0.29, 0.717) is 5.69 Å². The van der Waals surface area contributed by atoms with E-state index < -0.39 is 0 Å². The molecule has 0 aliphatic carbocycles. The van der Waals surface area contributed by atoms with Gasteiger partial charge in [-0.3, -0.25) is 4.68 Å². The molecule has 19 heavy (non-hydrogen) atoms. The SMILES string of the molecule is COC(=O)c1cc(-c2c[nH]c3ccccc23)nn1C. The number of aryl methyl sites for hydroxylation is 1. The predicted molar refractivity (Wildman–Crippen MR) is 71.8 cm³/mol. The van der Waals surface area contributed by atoms with E-state index in [2.05, 4.69) is 10.1 Å². The zero-order valence-corrected chi connectivity index (χ0v) is 10.7. The summed E-state index contributed by atoms with van der Waals surface area (Å²) in [4.78, 5) is 14.8. The van der Waals surface area contributed by atoms with Crippen LogP contribution in [0.3, 0.4) is 0 Å². The number of aromatic nitrogens is 3. The van der Waals surface area contributed by atoms with Crippen molar-refractivity contribution < 1.29 is 9.53 Å². The lowest BCUT2D eigenvalue weighted by Gasteiger charge is -1.96. The van der Waals surface area contributed by atoms with Crippen molar-refractivity contribution in [1.29, 1.82) is 0 Å². The van der Waals surface area contributed by atoms with Crippen molar-refractivity contribution in [3.8, 4) is 11.3 Å². The Kier molecular flexibility index (Phi) is 2.59. The van der Waals surface area contributed by atoms with E-state index >= 15 is 0 Å². The first-order chi connectivity index (χ1) is 9.20. The summed E-state index contributed by atoms with van der Waals surface area (Å²) in [5.74, 6) is -0.388. The Morgan fingerprint density at radius 1 is 1.37 bits per heavy atom. The first kappa shape index (κ1) is 11.5. The highest BCUT2D eigenvalue weighted by atomic mass is 16.5. The van der Waals surface area contributed by atoms with E-state index in [1.165, 1.54) is 11.8 Å². The van der Waals surface area contributed by atoms with Gasteiger partial charge in [-0.05, 0) is 12.1 Å². The molecule has 0 radical (unpaired) electrons. The first-order valence-electron chi connectivity index (χ1n) is 5.89. The summed E-state index contributed by atoms with van der Waals surface area (Å²) in [6.45, 7) is 0. The predicted octanol–water partition coefficient (Wildman–Crippen LogP) is 2.36. The van der Waals surface area contributed by atoms with Crippen LogP contribution in [0, 0.1) is 0 Å². The Balaban J connectivity index is 2.15. The normalized spacial score (nSPS) is 10.8. The van der Waals surface area contributed by atoms with Crippen molar-refractivity contribution in [3.05, 3.63) is 42.2 Å². The van der Waals surface area contributed by atoms with E-state index in [-0.39, 0.29) is 5.97 Å². The lowest BCUT2D eigenvalue weighted by molar-refractivity contribution is 0.0588. The molecule has 0 fully saturated rings. The lowest BCUT2D eigenvalue weighted by atomic mass is 10.1. The number of H-pyrrole nitrogens is 1. The van der Waals surface area contributed by atoms with Gasteiger partial charge < -0.3 is 9.72 Å². The first-order valence-corrected chi connectivity index (χ1v) is 5.89. The number of para-hydroxylation sites is 1. The molecule has 1 aromatic carbocycles. The molecular weight excluding hydrogens is 242 g/mol. The highest BCUT2D eigenvalue weighted by molar-refractivity contribution is 5.96. The molecule has 3 aromatic rings. The Hall–Kier alpha value is -2.56. The molecule has 96 valence electrons.